The van der Waals surface area contributed by atoms with Gasteiger partial charge in [-0.2, -0.15) is 0 Å². The van der Waals surface area contributed by atoms with Crippen LogP contribution in [-0.4, -0.2) is 0 Å². The van der Waals surface area contributed by atoms with E-state index in [2.05, 4.69) is 63.4 Å². The molecule has 0 aliphatic heterocycles. The fraction of sp³-hybridized carbons (Fsp3) is 0.200. The fourth-order valence-electron chi connectivity index (χ4n) is 1.81. The molecule has 1 aromatic rings. The van der Waals surface area contributed by atoms with Crippen molar-refractivity contribution < 1.29 is 0 Å². The number of benzene rings is 1. The molecule has 0 saturated heterocycles. The molecule has 0 amide bonds. The molecule has 20 heavy (non-hydrogen) atoms. The van der Waals surface area contributed by atoms with Crippen molar-refractivity contribution in [3.05, 3.63) is 90.1 Å². The van der Waals surface area contributed by atoms with Crippen molar-refractivity contribution >= 4 is 5.57 Å². The molecule has 0 aliphatic carbocycles. The first-order chi connectivity index (χ1) is 9.54. The quantitative estimate of drug-likeness (QED) is 0.543. The molecule has 0 spiro atoms. The Labute approximate surface area is 123 Å². The van der Waals surface area contributed by atoms with Crippen molar-refractivity contribution in [3.63, 3.8) is 0 Å². The first kappa shape index (κ1) is 16.0. The van der Waals surface area contributed by atoms with E-state index in [1.54, 1.807) is 0 Å². The molecule has 0 unspecified atom stereocenters. The molecule has 1 aromatic carbocycles. The van der Waals surface area contributed by atoms with Crippen molar-refractivity contribution in [3.8, 4) is 0 Å². The fourth-order valence-corrected chi connectivity index (χ4v) is 1.81. The summed E-state index contributed by atoms with van der Waals surface area (Å²) in [5, 5.41) is 0. The van der Waals surface area contributed by atoms with Crippen LogP contribution in [0.2, 0.25) is 0 Å². The van der Waals surface area contributed by atoms with Crippen molar-refractivity contribution in [1.29, 1.82) is 0 Å². The summed E-state index contributed by atoms with van der Waals surface area (Å²) in [6.45, 7) is 14.2. The van der Waals surface area contributed by atoms with Crippen LogP contribution in [0.3, 0.4) is 0 Å². The number of hydrogen-bond acceptors (Lipinski definition) is 0. The molecule has 0 saturated carbocycles. The van der Waals surface area contributed by atoms with Crippen LogP contribution in [0.25, 0.3) is 5.57 Å². The molecule has 0 nitrogen and oxygen atoms in total. The van der Waals surface area contributed by atoms with Crippen LogP contribution in [0.15, 0.2) is 84.5 Å². The highest BCUT2D eigenvalue weighted by Gasteiger charge is 1.99. The van der Waals surface area contributed by atoms with E-state index in [9.17, 15) is 0 Å². The lowest BCUT2D eigenvalue weighted by molar-refractivity contribution is 1.23. The van der Waals surface area contributed by atoms with Crippen LogP contribution in [0.4, 0.5) is 0 Å². The molecular formula is C20H24. The second-order valence-electron chi connectivity index (χ2n) is 4.97. The van der Waals surface area contributed by atoms with Gasteiger partial charge in [0.25, 0.3) is 0 Å². The van der Waals surface area contributed by atoms with E-state index >= 15 is 0 Å². The molecule has 0 N–H and O–H groups in total. The third-order valence-corrected chi connectivity index (χ3v) is 2.98. The zero-order valence-corrected chi connectivity index (χ0v) is 12.8. The molecule has 104 valence electrons. The first-order valence-electron chi connectivity index (χ1n) is 7.01. The van der Waals surface area contributed by atoms with Crippen LogP contribution >= 0.6 is 0 Å². The molecule has 1 rings (SSSR count). The number of allylic oxidation sites excluding steroid dienone is 8. The third-order valence-electron chi connectivity index (χ3n) is 2.98. The first-order valence-corrected chi connectivity index (χ1v) is 7.01. The topological polar surface area (TPSA) is 0 Å². The van der Waals surface area contributed by atoms with E-state index in [1.165, 1.54) is 16.7 Å². The maximum absolute atomic E-state index is 4.11. The summed E-state index contributed by atoms with van der Waals surface area (Å²) in [4.78, 5) is 0. The number of hydrogen-bond donors (Lipinski definition) is 0. The average molecular weight is 264 g/mol. The van der Waals surface area contributed by atoms with Crippen molar-refractivity contribution in [2.24, 2.45) is 0 Å². The van der Waals surface area contributed by atoms with E-state index in [4.69, 9.17) is 0 Å². The lowest BCUT2D eigenvalue weighted by Gasteiger charge is -2.06. The van der Waals surface area contributed by atoms with E-state index in [0.717, 1.165) is 17.6 Å². The SMILES string of the molecule is C=C(C)C=CC(=C)C(C)=CC(=CCC)c1ccccc1. The number of rotatable bonds is 6. The second-order valence-corrected chi connectivity index (χ2v) is 4.97. The maximum atomic E-state index is 4.11. The highest BCUT2D eigenvalue weighted by molar-refractivity contribution is 5.75. The Balaban J connectivity index is 3.01. The van der Waals surface area contributed by atoms with Crippen molar-refractivity contribution in [2.75, 3.05) is 0 Å². The van der Waals surface area contributed by atoms with Crippen LogP contribution < -0.4 is 0 Å². The van der Waals surface area contributed by atoms with Gasteiger partial charge in [-0.25, -0.2) is 0 Å². The Kier molecular flexibility index (Phi) is 6.52. The largest absolute Gasteiger partial charge is 0.0961 e. The molecule has 0 aliphatic rings. The van der Waals surface area contributed by atoms with E-state index in [1.807, 2.05) is 25.1 Å². The Bertz CT molecular complexity index is 551. The van der Waals surface area contributed by atoms with Crippen molar-refractivity contribution in [1.82, 2.24) is 0 Å². The lowest BCUT2D eigenvalue weighted by atomic mass is 9.99. The Hall–Kier alpha value is -2.08. The van der Waals surface area contributed by atoms with E-state index in [0.29, 0.717) is 0 Å². The summed E-state index contributed by atoms with van der Waals surface area (Å²) >= 11 is 0. The van der Waals surface area contributed by atoms with Gasteiger partial charge in [-0.15, -0.1) is 0 Å². The van der Waals surface area contributed by atoms with Gasteiger partial charge in [-0.05, 0) is 42.6 Å². The highest BCUT2D eigenvalue weighted by atomic mass is 14.0. The van der Waals surface area contributed by atoms with Crippen molar-refractivity contribution in [2.45, 2.75) is 27.2 Å². The Morgan fingerprint density at radius 2 is 1.70 bits per heavy atom. The third kappa shape index (κ3) is 5.27. The smallest absolute Gasteiger partial charge is 0.0187 e. The van der Waals surface area contributed by atoms with E-state index in [-0.39, 0.29) is 0 Å². The summed E-state index contributed by atoms with van der Waals surface area (Å²) in [5.74, 6) is 0. The molecule has 0 bridgehead atoms. The molecule has 0 heterocycles. The van der Waals surface area contributed by atoms with Gasteiger partial charge >= 0.3 is 0 Å². The molecule has 0 radical (unpaired) electrons. The standard InChI is InChI=1S/C20H24/c1-6-10-20(19-11-8-7-9-12-19)15-18(5)17(4)14-13-16(2)3/h7-15H,2,4,6H2,1,3,5H3. The van der Waals surface area contributed by atoms with Crippen LogP contribution in [0, 0.1) is 0 Å². The van der Waals surface area contributed by atoms with Gasteiger partial charge in [0.05, 0.1) is 0 Å². The molecule has 0 heteroatoms. The summed E-state index contributed by atoms with van der Waals surface area (Å²) in [7, 11) is 0. The van der Waals surface area contributed by atoms with Crippen LogP contribution in [0.1, 0.15) is 32.8 Å². The second kappa shape index (κ2) is 8.16. The predicted molar refractivity (Wildman–Crippen MR) is 91.6 cm³/mol. The summed E-state index contributed by atoms with van der Waals surface area (Å²) in [5.41, 5.74) is 5.71. The van der Waals surface area contributed by atoms with Gasteiger partial charge in [0.1, 0.15) is 0 Å². The zero-order chi connectivity index (χ0) is 15.0. The Morgan fingerprint density at radius 1 is 1.05 bits per heavy atom. The van der Waals surface area contributed by atoms with Crippen LogP contribution in [0.5, 0.6) is 0 Å². The molecule has 0 aromatic heterocycles. The lowest BCUT2D eigenvalue weighted by Crippen LogP contribution is -1.85. The van der Waals surface area contributed by atoms with Gasteiger partial charge in [-0.3, -0.25) is 0 Å². The predicted octanol–water partition coefficient (Wildman–Crippen LogP) is 6.11. The van der Waals surface area contributed by atoms with E-state index < -0.39 is 0 Å². The van der Waals surface area contributed by atoms with Gasteiger partial charge in [0, 0.05) is 0 Å². The van der Waals surface area contributed by atoms with Gasteiger partial charge < -0.3 is 0 Å². The van der Waals surface area contributed by atoms with Gasteiger partial charge in [0.15, 0.2) is 0 Å². The molecule has 0 atom stereocenters. The molecular weight excluding hydrogens is 240 g/mol. The monoisotopic (exact) mass is 264 g/mol. The minimum absolute atomic E-state index is 1.02. The van der Waals surface area contributed by atoms with Gasteiger partial charge in [0.2, 0.25) is 0 Å². The normalized spacial score (nSPS) is 12.8. The molecule has 0 fully saturated rings. The summed E-state index contributed by atoms with van der Waals surface area (Å²) in [6, 6.07) is 10.4. The van der Waals surface area contributed by atoms with Gasteiger partial charge in [-0.1, -0.05) is 80.3 Å². The highest BCUT2D eigenvalue weighted by Crippen LogP contribution is 2.21. The van der Waals surface area contributed by atoms with Crippen LogP contribution in [-0.2, 0) is 0 Å². The minimum atomic E-state index is 1.02. The maximum Gasteiger partial charge on any atom is -0.0187 e. The summed E-state index contributed by atoms with van der Waals surface area (Å²) < 4.78 is 0. The zero-order valence-electron chi connectivity index (χ0n) is 12.8. The summed E-state index contributed by atoms with van der Waals surface area (Å²) in [6.07, 6.45) is 9.47. The Morgan fingerprint density at radius 3 is 2.25 bits per heavy atom. The minimum Gasteiger partial charge on any atom is -0.0961 e. The average Bonchev–Trinajstić information content (AvgIpc) is 2.45.